The van der Waals surface area contributed by atoms with Gasteiger partial charge in [0.05, 0.1) is 28.2 Å². The van der Waals surface area contributed by atoms with Crippen LogP contribution in [-0.4, -0.2) is 28.0 Å². The molecule has 6 heteroatoms. The molecule has 0 fully saturated rings. The van der Waals surface area contributed by atoms with Crippen LogP contribution in [0.3, 0.4) is 0 Å². The van der Waals surface area contributed by atoms with Crippen molar-refractivity contribution in [2.45, 2.75) is 12.5 Å². The van der Waals surface area contributed by atoms with E-state index in [9.17, 15) is 14.7 Å². The molecule has 30 heavy (non-hydrogen) atoms. The molecule has 0 aliphatic rings. The van der Waals surface area contributed by atoms with Crippen LogP contribution in [0.4, 0.5) is 0 Å². The van der Waals surface area contributed by atoms with Crippen LogP contribution in [0.2, 0.25) is 0 Å². The van der Waals surface area contributed by atoms with Crippen LogP contribution >= 0.6 is 0 Å². The monoisotopic (exact) mass is 395 g/mol. The van der Waals surface area contributed by atoms with Crippen molar-refractivity contribution < 1.29 is 14.7 Å². The number of carbonyl (C=O) groups excluding carboxylic acids is 1. The molecule has 1 atom stereocenters. The summed E-state index contributed by atoms with van der Waals surface area (Å²) in [4.78, 5) is 29.7. The normalized spacial score (nSPS) is 11.7. The lowest BCUT2D eigenvalue weighted by Crippen LogP contribution is -2.42. The van der Waals surface area contributed by atoms with E-state index in [2.05, 4.69) is 10.3 Å². The zero-order valence-corrected chi connectivity index (χ0v) is 15.9. The van der Waals surface area contributed by atoms with Crippen LogP contribution in [0.1, 0.15) is 21.5 Å². The van der Waals surface area contributed by atoms with Crippen molar-refractivity contribution in [3.8, 4) is 6.07 Å². The zero-order valence-electron chi connectivity index (χ0n) is 15.9. The minimum Gasteiger partial charge on any atom is -0.480 e. The fraction of sp³-hybridized carbons (Fsp3) is 0.0833. The van der Waals surface area contributed by atoms with Gasteiger partial charge in [-0.2, -0.15) is 5.26 Å². The average molecular weight is 395 g/mol. The molecule has 2 N–H and O–H groups in total. The number of hydrogen-bond acceptors (Lipinski definition) is 4. The quantitative estimate of drug-likeness (QED) is 0.502. The second-order valence-corrected chi connectivity index (χ2v) is 6.90. The maximum Gasteiger partial charge on any atom is 0.326 e. The van der Waals surface area contributed by atoms with E-state index in [1.54, 1.807) is 36.4 Å². The number of benzene rings is 3. The highest BCUT2D eigenvalue weighted by molar-refractivity contribution is 6.16. The number of carboxylic acids is 1. The molecule has 0 aliphatic heterocycles. The molecule has 0 spiro atoms. The van der Waals surface area contributed by atoms with E-state index < -0.39 is 17.9 Å². The Balaban J connectivity index is 1.71. The van der Waals surface area contributed by atoms with Gasteiger partial charge in [0.1, 0.15) is 6.04 Å². The molecule has 1 amide bonds. The van der Waals surface area contributed by atoms with E-state index in [4.69, 9.17) is 5.26 Å². The van der Waals surface area contributed by atoms with Crippen LogP contribution in [0.25, 0.3) is 21.8 Å². The molecule has 0 unspecified atom stereocenters. The Kier molecular flexibility index (Phi) is 5.10. The molecule has 0 bridgehead atoms. The highest BCUT2D eigenvalue weighted by Gasteiger charge is 2.24. The van der Waals surface area contributed by atoms with Gasteiger partial charge in [0, 0.05) is 17.2 Å². The Hall–Kier alpha value is -4.24. The molecule has 1 heterocycles. The van der Waals surface area contributed by atoms with E-state index >= 15 is 0 Å². The third-order valence-electron chi connectivity index (χ3n) is 4.94. The zero-order chi connectivity index (χ0) is 21.1. The summed E-state index contributed by atoms with van der Waals surface area (Å²) >= 11 is 0. The van der Waals surface area contributed by atoms with Crippen LogP contribution in [0, 0.1) is 11.3 Å². The summed E-state index contributed by atoms with van der Waals surface area (Å²) in [5.41, 5.74) is 2.94. The standard InChI is InChI=1S/C24H17N3O3/c25-14-16-11-9-15(10-12-16)13-21(24(29)30)27-23(28)22-17-5-1-3-7-19(17)26-20-8-4-2-6-18(20)22/h1-12,21H,13H2,(H,27,28)(H,29,30)/t21-/m1/s1. The van der Waals surface area contributed by atoms with Crippen LogP contribution < -0.4 is 5.32 Å². The van der Waals surface area contributed by atoms with Crippen molar-refractivity contribution in [3.63, 3.8) is 0 Å². The first kappa shape index (κ1) is 19.1. The van der Waals surface area contributed by atoms with Gasteiger partial charge >= 0.3 is 5.97 Å². The molecule has 4 aromatic rings. The van der Waals surface area contributed by atoms with Crippen LogP contribution in [0.5, 0.6) is 0 Å². The number of carboxylic acid groups (broad SMARTS) is 1. The predicted octanol–water partition coefficient (Wildman–Crippen LogP) is 3.69. The largest absolute Gasteiger partial charge is 0.480 e. The van der Waals surface area contributed by atoms with Crippen molar-refractivity contribution in [3.05, 3.63) is 89.5 Å². The number of nitrogens with one attached hydrogen (secondary N) is 1. The van der Waals surface area contributed by atoms with Gasteiger partial charge in [-0.25, -0.2) is 9.78 Å². The van der Waals surface area contributed by atoms with Gasteiger partial charge < -0.3 is 10.4 Å². The first-order valence-electron chi connectivity index (χ1n) is 9.37. The molecule has 0 aliphatic carbocycles. The van der Waals surface area contributed by atoms with Crippen molar-refractivity contribution >= 4 is 33.7 Å². The number of rotatable bonds is 5. The molecule has 0 saturated carbocycles. The number of aromatic nitrogens is 1. The molecule has 3 aromatic carbocycles. The van der Waals surface area contributed by atoms with E-state index in [-0.39, 0.29) is 6.42 Å². The van der Waals surface area contributed by atoms with Crippen LogP contribution in [0.15, 0.2) is 72.8 Å². The maximum atomic E-state index is 13.2. The van der Waals surface area contributed by atoms with E-state index in [0.717, 1.165) is 0 Å². The number of para-hydroxylation sites is 2. The Morgan fingerprint density at radius 2 is 1.50 bits per heavy atom. The molecule has 0 saturated heterocycles. The summed E-state index contributed by atoms with van der Waals surface area (Å²) in [6.45, 7) is 0. The fourth-order valence-electron chi connectivity index (χ4n) is 3.47. The molecule has 6 nitrogen and oxygen atoms in total. The fourth-order valence-corrected chi connectivity index (χ4v) is 3.47. The summed E-state index contributed by atoms with van der Waals surface area (Å²) in [6.07, 6.45) is 0.105. The van der Waals surface area contributed by atoms with Crippen molar-refractivity contribution in [2.24, 2.45) is 0 Å². The molecule has 0 radical (unpaired) electrons. The van der Waals surface area contributed by atoms with Gasteiger partial charge in [0.25, 0.3) is 5.91 Å². The molecule has 1 aromatic heterocycles. The number of amides is 1. The van der Waals surface area contributed by atoms with Crippen molar-refractivity contribution in [2.75, 3.05) is 0 Å². The topological polar surface area (TPSA) is 103 Å². The SMILES string of the molecule is N#Cc1ccc(C[C@@H](NC(=O)c2c3ccccc3nc3ccccc23)C(=O)O)cc1. The predicted molar refractivity (Wildman–Crippen MR) is 113 cm³/mol. The van der Waals surface area contributed by atoms with Gasteiger partial charge in [0.2, 0.25) is 0 Å². The van der Waals surface area contributed by atoms with Gasteiger partial charge in [0.15, 0.2) is 0 Å². The van der Waals surface area contributed by atoms with E-state index in [0.29, 0.717) is 38.5 Å². The lowest BCUT2D eigenvalue weighted by Gasteiger charge is -2.17. The molecular weight excluding hydrogens is 378 g/mol. The van der Waals surface area contributed by atoms with Crippen molar-refractivity contribution in [1.29, 1.82) is 5.26 Å². The number of aliphatic carboxylic acids is 1. The Morgan fingerprint density at radius 3 is 2.03 bits per heavy atom. The summed E-state index contributed by atoms with van der Waals surface area (Å²) in [6, 6.07) is 22.1. The average Bonchev–Trinajstić information content (AvgIpc) is 2.77. The Bertz CT molecular complexity index is 1250. The molecule has 146 valence electrons. The number of nitrogens with zero attached hydrogens (tertiary/aromatic N) is 2. The highest BCUT2D eigenvalue weighted by Crippen LogP contribution is 2.26. The second-order valence-electron chi connectivity index (χ2n) is 6.90. The van der Waals surface area contributed by atoms with Gasteiger partial charge in [-0.3, -0.25) is 4.79 Å². The van der Waals surface area contributed by atoms with E-state index in [1.807, 2.05) is 42.5 Å². The third kappa shape index (κ3) is 3.69. The highest BCUT2D eigenvalue weighted by atomic mass is 16.4. The number of carbonyl (C=O) groups is 2. The summed E-state index contributed by atoms with van der Waals surface area (Å²) < 4.78 is 0. The lowest BCUT2D eigenvalue weighted by molar-refractivity contribution is -0.139. The third-order valence-corrected chi connectivity index (χ3v) is 4.94. The number of pyridine rings is 1. The Labute approximate surface area is 172 Å². The van der Waals surface area contributed by atoms with Crippen molar-refractivity contribution in [1.82, 2.24) is 10.3 Å². The first-order valence-corrected chi connectivity index (χ1v) is 9.37. The number of nitriles is 1. The minimum absolute atomic E-state index is 0.105. The second kappa shape index (κ2) is 8.02. The molecule has 4 rings (SSSR count). The van der Waals surface area contributed by atoms with Crippen LogP contribution in [-0.2, 0) is 11.2 Å². The summed E-state index contributed by atoms with van der Waals surface area (Å²) in [5.74, 6) is -1.60. The summed E-state index contributed by atoms with van der Waals surface area (Å²) in [7, 11) is 0. The van der Waals surface area contributed by atoms with Gasteiger partial charge in [-0.05, 0) is 29.8 Å². The van der Waals surface area contributed by atoms with Gasteiger partial charge in [-0.1, -0.05) is 48.5 Å². The molecular formula is C24H17N3O3. The minimum atomic E-state index is -1.13. The maximum absolute atomic E-state index is 13.2. The Morgan fingerprint density at radius 1 is 0.933 bits per heavy atom. The smallest absolute Gasteiger partial charge is 0.326 e. The first-order chi connectivity index (χ1) is 14.6. The number of hydrogen-bond donors (Lipinski definition) is 2. The lowest BCUT2D eigenvalue weighted by atomic mass is 10.0. The number of fused-ring (bicyclic) bond motifs is 2. The van der Waals surface area contributed by atoms with Gasteiger partial charge in [-0.15, -0.1) is 0 Å². The van der Waals surface area contributed by atoms with E-state index in [1.165, 1.54) is 0 Å². The summed E-state index contributed by atoms with van der Waals surface area (Å²) in [5, 5.41) is 22.6.